The molecule has 0 aliphatic carbocycles. The van der Waals surface area contributed by atoms with E-state index in [1.165, 1.54) is 0 Å². The van der Waals surface area contributed by atoms with Gasteiger partial charge >= 0.3 is 12.0 Å². The smallest absolute Gasteiger partial charge is 0.317 e. The van der Waals surface area contributed by atoms with Crippen molar-refractivity contribution >= 4 is 12.0 Å². The van der Waals surface area contributed by atoms with Gasteiger partial charge in [-0.15, -0.1) is 6.58 Å². The lowest BCUT2D eigenvalue weighted by atomic mass is 9.84. The fourth-order valence-corrected chi connectivity index (χ4v) is 1.79. The molecule has 116 valence electrons. The quantitative estimate of drug-likeness (QED) is 0.479. The van der Waals surface area contributed by atoms with Crippen molar-refractivity contribution in [1.29, 1.82) is 0 Å². The van der Waals surface area contributed by atoms with Crippen molar-refractivity contribution in [3.8, 4) is 0 Å². The highest BCUT2D eigenvalue weighted by atomic mass is 16.4. The number of carbonyl (C=O) groups is 2. The molecule has 0 saturated heterocycles. The Kier molecular flexibility index (Phi) is 8.68. The molecule has 0 aliphatic heterocycles. The van der Waals surface area contributed by atoms with Gasteiger partial charge in [0.25, 0.3) is 0 Å². The van der Waals surface area contributed by atoms with Crippen LogP contribution in [-0.4, -0.2) is 42.1 Å². The molecule has 2 amide bonds. The molecule has 0 aromatic rings. The molecular weight excluding hydrogens is 256 g/mol. The summed E-state index contributed by atoms with van der Waals surface area (Å²) in [5.74, 6) is -0.774. The lowest BCUT2D eigenvalue weighted by Gasteiger charge is -2.25. The van der Waals surface area contributed by atoms with Gasteiger partial charge in [-0.3, -0.25) is 4.79 Å². The van der Waals surface area contributed by atoms with Gasteiger partial charge in [0.05, 0.1) is 0 Å². The summed E-state index contributed by atoms with van der Waals surface area (Å²) in [5, 5.41) is 11.5. The van der Waals surface area contributed by atoms with Gasteiger partial charge in [-0.25, -0.2) is 4.79 Å². The van der Waals surface area contributed by atoms with Crippen LogP contribution in [0.1, 0.15) is 46.0 Å². The Morgan fingerprint density at radius 1 is 1.35 bits per heavy atom. The second-order valence-corrected chi connectivity index (χ2v) is 5.89. The Morgan fingerprint density at radius 3 is 2.55 bits per heavy atom. The Labute approximate surface area is 122 Å². The van der Waals surface area contributed by atoms with Crippen molar-refractivity contribution in [2.75, 3.05) is 20.1 Å². The topological polar surface area (TPSA) is 69.6 Å². The number of hydrogen-bond donors (Lipinski definition) is 2. The molecule has 0 fully saturated rings. The standard InChI is InChI=1S/C15H28N2O3/c1-5-6-7-12-17(4)14(20)16-11-10-15(2,3)9-8-13(18)19/h5H,1,6-12H2,2-4H3,(H,16,20)(H,18,19). The Morgan fingerprint density at radius 2 is 2.00 bits per heavy atom. The maximum atomic E-state index is 11.8. The van der Waals surface area contributed by atoms with E-state index in [-0.39, 0.29) is 17.9 Å². The summed E-state index contributed by atoms with van der Waals surface area (Å²) in [7, 11) is 1.77. The number of hydrogen-bond acceptors (Lipinski definition) is 2. The van der Waals surface area contributed by atoms with Crippen LogP contribution in [0.4, 0.5) is 4.79 Å². The van der Waals surface area contributed by atoms with Crippen LogP contribution in [0, 0.1) is 5.41 Å². The van der Waals surface area contributed by atoms with E-state index >= 15 is 0 Å². The molecule has 0 radical (unpaired) electrons. The average molecular weight is 284 g/mol. The molecule has 0 unspecified atom stereocenters. The van der Waals surface area contributed by atoms with Crippen molar-refractivity contribution in [3.63, 3.8) is 0 Å². The highest BCUT2D eigenvalue weighted by Gasteiger charge is 2.19. The molecule has 0 rings (SSSR count). The number of carboxylic acids is 1. The van der Waals surface area contributed by atoms with Crippen LogP contribution in [0.3, 0.4) is 0 Å². The van der Waals surface area contributed by atoms with Gasteiger partial charge in [0.15, 0.2) is 0 Å². The number of amides is 2. The van der Waals surface area contributed by atoms with Crippen molar-refractivity contribution in [2.45, 2.75) is 46.0 Å². The number of aliphatic carboxylic acids is 1. The SMILES string of the molecule is C=CCCCN(C)C(=O)NCCC(C)(C)CCC(=O)O. The largest absolute Gasteiger partial charge is 0.481 e. The predicted octanol–water partition coefficient (Wildman–Crippen LogP) is 2.88. The molecule has 0 spiro atoms. The number of carboxylic acid groups (broad SMARTS) is 1. The summed E-state index contributed by atoms with van der Waals surface area (Å²) in [6.45, 7) is 8.97. The van der Waals surface area contributed by atoms with Crippen LogP contribution in [-0.2, 0) is 4.79 Å². The zero-order valence-electron chi connectivity index (χ0n) is 12.9. The normalized spacial score (nSPS) is 10.9. The summed E-state index contributed by atoms with van der Waals surface area (Å²) in [6.07, 6.45) is 5.22. The second-order valence-electron chi connectivity index (χ2n) is 5.89. The van der Waals surface area contributed by atoms with Gasteiger partial charge in [-0.1, -0.05) is 19.9 Å². The number of urea groups is 1. The highest BCUT2D eigenvalue weighted by molar-refractivity contribution is 5.73. The van der Waals surface area contributed by atoms with Gasteiger partial charge in [0.1, 0.15) is 0 Å². The number of nitrogens with one attached hydrogen (secondary N) is 1. The van der Waals surface area contributed by atoms with Crippen LogP contribution in [0.5, 0.6) is 0 Å². The van der Waals surface area contributed by atoms with Crippen LogP contribution < -0.4 is 5.32 Å². The minimum Gasteiger partial charge on any atom is -0.481 e. The van der Waals surface area contributed by atoms with Crippen molar-refractivity contribution < 1.29 is 14.7 Å². The van der Waals surface area contributed by atoms with Crippen molar-refractivity contribution in [1.82, 2.24) is 10.2 Å². The van der Waals surface area contributed by atoms with E-state index in [4.69, 9.17) is 5.11 Å². The van der Waals surface area contributed by atoms with E-state index in [9.17, 15) is 9.59 Å². The molecule has 0 heterocycles. The minimum absolute atomic E-state index is 0.0763. The first-order valence-corrected chi connectivity index (χ1v) is 7.10. The number of allylic oxidation sites excluding steroid dienone is 1. The Hall–Kier alpha value is -1.52. The van der Waals surface area contributed by atoms with Crippen LogP contribution in [0.15, 0.2) is 12.7 Å². The van der Waals surface area contributed by atoms with Gasteiger partial charge in [0, 0.05) is 26.6 Å². The number of carbonyl (C=O) groups excluding carboxylic acids is 1. The first-order valence-electron chi connectivity index (χ1n) is 7.10. The van der Waals surface area contributed by atoms with Crippen LogP contribution in [0.2, 0.25) is 0 Å². The van der Waals surface area contributed by atoms with Crippen LogP contribution in [0.25, 0.3) is 0 Å². The number of nitrogens with zero attached hydrogens (tertiary/aromatic N) is 1. The molecule has 0 aromatic carbocycles. The second kappa shape index (κ2) is 9.39. The lowest BCUT2D eigenvalue weighted by Crippen LogP contribution is -2.39. The molecule has 0 aliphatic rings. The average Bonchev–Trinajstić information content (AvgIpc) is 2.36. The van der Waals surface area contributed by atoms with E-state index in [2.05, 4.69) is 11.9 Å². The molecule has 20 heavy (non-hydrogen) atoms. The fourth-order valence-electron chi connectivity index (χ4n) is 1.79. The van der Waals surface area contributed by atoms with E-state index in [0.29, 0.717) is 19.5 Å². The summed E-state index contributed by atoms with van der Waals surface area (Å²) in [5.41, 5.74) is -0.0763. The van der Waals surface area contributed by atoms with Crippen molar-refractivity contribution in [3.05, 3.63) is 12.7 Å². The number of rotatable bonds is 10. The molecule has 2 N–H and O–H groups in total. The lowest BCUT2D eigenvalue weighted by molar-refractivity contribution is -0.137. The van der Waals surface area contributed by atoms with Gasteiger partial charge in [-0.2, -0.15) is 0 Å². The number of unbranched alkanes of at least 4 members (excludes halogenated alkanes) is 1. The molecule has 0 aromatic heterocycles. The zero-order chi connectivity index (χ0) is 15.6. The van der Waals surface area contributed by atoms with Crippen LogP contribution >= 0.6 is 0 Å². The Bertz CT molecular complexity index is 327. The predicted molar refractivity (Wildman–Crippen MR) is 80.7 cm³/mol. The summed E-state index contributed by atoms with van der Waals surface area (Å²) in [6, 6.07) is -0.0805. The van der Waals surface area contributed by atoms with E-state index in [1.807, 2.05) is 19.9 Å². The van der Waals surface area contributed by atoms with Gasteiger partial charge < -0.3 is 15.3 Å². The summed E-state index contributed by atoms with van der Waals surface area (Å²) in [4.78, 5) is 24.0. The molecule has 0 bridgehead atoms. The maximum absolute atomic E-state index is 11.8. The third-order valence-electron chi connectivity index (χ3n) is 3.34. The van der Waals surface area contributed by atoms with E-state index in [0.717, 1.165) is 19.3 Å². The van der Waals surface area contributed by atoms with E-state index < -0.39 is 5.97 Å². The van der Waals surface area contributed by atoms with Gasteiger partial charge in [-0.05, 0) is 31.1 Å². The van der Waals surface area contributed by atoms with Crippen molar-refractivity contribution in [2.24, 2.45) is 5.41 Å². The molecule has 5 nitrogen and oxygen atoms in total. The molecular formula is C15H28N2O3. The maximum Gasteiger partial charge on any atom is 0.317 e. The Balaban J connectivity index is 3.88. The van der Waals surface area contributed by atoms with E-state index in [1.54, 1.807) is 11.9 Å². The summed E-state index contributed by atoms with van der Waals surface area (Å²) >= 11 is 0. The van der Waals surface area contributed by atoms with Gasteiger partial charge in [0.2, 0.25) is 0 Å². The zero-order valence-corrected chi connectivity index (χ0v) is 12.9. The minimum atomic E-state index is -0.774. The molecule has 0 saturated carbocycles. The molecule has 0 atom stereocenters. The highest BCUT2D eigenvalue weighted by Crippen LogP contribution is 2.25. The third-order valence-corrected chi connectivity index (χ3v) is 3.34. The fraction of sp³-hybridized carbons (Fsp3) is 0.733. The first-order chi connectivity index (χ1) is 9.28. The first kappa shape index (κ1) is 18.5. The monoisotopic (exact) mass is 284 g/mol. The summed E-state index contributed by atoms with van der Waals surface area (Å²) < 4.78 is 0. The molecule has 5 heteroatoms. The third kappa shape index (κ3) is 9.42.